The lowest BCUT2D eigenvalue weighted by Gasteiger charge is -2.31. The maximum Gasteiger partial charge on any atom is 0.326 e. The van der Waals surface area contributed by atoms with Gasteiger partial charge in [0.1, 0.15) is 17.7 Å². The van der Waals surface area contributed by atoms with E-state index in [1.807, 2.05) is 11.4 Å². The SMILES string of the molecule is CC(C)(C)OC(=O)CN1C(=O)N[C@]2(CCCc3sccc32)C1=O. The molecule has 1 aliphatic heterocycles. The fraction of sp³-hybridized carbons (Fsp3) is 0.562. The Morgan fingerprint density at radius 2 is 2.17 bits per heavy atom. The molecule has 2 aliphatic rings. The van der Waals surface area contributed by atoms with E-state index in [1.165, 1.54) is 0 Å². The summed E-state index contributed by atoms with van der Waals surface area (Å²) < 4.78 is 5.22. The molecule has 1 aliphatic carbocycles. The van der Waals surface area contributed by atoms with Gasteiger partial charge in [0.25, 0.3) is 5.91 Å². The summed E-state index contributed by atoms with van der Waals surface area (Å²) in [5.41, 5.74) is -0.787. The molecule has 2 heterocycles. The van der Waals surface area contributed by atoms with Gasteiger partial charge < -0.3 is 10.1 Å². The highest BCUT2D eigenvalue weighted by Gasteiger charge is 2.54. The largest absolute Gasteiger partial charge is 0.459 e. The van der Waals surface area contributed by atoms with Crippen molar-refractivity contribution in [2.45, 2.75) is 51.2 Å². The molecule has 7 heteroatoms. The Morgan fingerprint density at radius 1 is 1.43 bits per heavy atom. The van der Waals surface area contributed by atoms with Crippen LogP contribution >= 0.6 is 11.3 Å². The highest BCUT2D eigenvalue weighted by molar-refractivity contribution is 7.10. The lowest BCUT2D eigenvalue weighted by atomic mass is 9.80. The van der Waals surface area contributed by atoms with E-state index in [4.69, 9.17) is 4.74 Å². The number of imide groups is 1. The summed E-state index contributed by atoms with van der Waals surface area (Å²) in [6.07, 6.45) is 2.32. The molecule has 124 valence electrons. The standard InChI is InChI=1S/C16H20N2O4S/c1-15(2,3)22-12(19)9-18-13(20)16(17-14(18)21)7-4-5-11-10(16)6-8-23-11/h6,8H,4-5,7,9H2,1-3H3,(H,17,21)/t16-/m0/s1. The molecule has 1 N–H and O–H groups in total. The van der Waals surface area contributed by atoms with Crippen molar-refractivity contribution in [2.75, 3.05) is 6.54 Å². The van der Waals surface area contributed by atoms with E-state index < -0.39 is 23.1 Å². The zero-order valence-electron chi connectivity index (χ0n) is 13.5. The van der Waals surface area contributed by atoms with Gasteiger partial charge in [0.05, 0.1) is 0 Å². The number of nitrogens with one attached hydrogen (secondary N) is 1. The molecule has 1 aromatic heterocycles. The van der Waals surface area contributed by atoms with Gasteiger partial charge in [-0.15, -0.1) is 11.3 Å². The van der Waals surface area contributed by atoms with Gasteiger partial charge >= 0.3 is 12.0 Å². The lowest BCUT2D eigenvalue weighted by molar-refractivity contribution is -0.157. The van der Waals surface area contributed by atoms with Gasteiger partial charge in [-0.2, -0.15) is 0 Å². The number of ether oxygens (including phenoxy) is 1. The normalized spacial score (nSPS) is 23.9. The Labute approximate surface area is 138 Å². The summed E-state index contributed by atoms with van der Waals surface area (Å²) in [7, 11) is 0. The number of hydrogen-bond donors (Lipinski definition) is 1. The zero-order valence-corrected chi connectivity index (χ0v) is 14.3. The monoisotopic (exact) mass is 336 g/mol. The molecule has 23 heavy (non-hydrogen) atoms. The van der Waals surface area contributed by atoms with E-state index in [0.717, 1.165) is 28.2 Å². The zero-order chi connectivity index (χ0) is 16.8. The van der Waals surface area contributed by atoms with E-state index >= 15 is 0 Å². The van der Waals surface area contributed by atoms with Crippen LogP contribution in [0.4, 0.5) is 4.79 Å². The number of aryl methyl sites for hydroxylation is 1. The molecule has 1 atom stereocenters. The highest BCUT2D eigenvalue weighted by Crippen LogP contribution is 2.42. The Balaban J connectivity index is 1.83. The first kappa shape index (κ1) is 16.0. The third-order valence-corrected chi connectivity index (χ3v) is 5.02. The number of hydrogen-bond acceptors (Lipinski definition) is 5. The van der Waals surface area contributed by atoms with Crippen LogP contribution in [0.2, 0.25) is 0 Å². The average Bonchev–Trinajstić information content (AvgIpc) is 2.98. The van der Waals surface area contributed by atoms with Crippen LogP contribution in [-0.2, 0) is 26.3 Å². The molecule has 0 unspecified atom stereocenters. The molecule has 1 spiro atoms. The fourth-order valence-electron chi connectivity index (χ4n) is 3.19. The number of rotatable bonds is 2. The van der Waals surface area contributed by atoms with Crippen LogP contribution in [0.3, 0.4) is 0 Å². The van der Waals surface area contributed by atoms with Crippen LogP contribution in [0.15, 0.2) is 11.4 Å². The minimum atomic E-state index is -1.01. The van der Waals surface area contributed by atoms with Crippen LogP contribution in [0, 0.1) is 0 Å². The average molecular weight is 336 g/mol. The first-order valence-corrected chi connectivity index (χ1v) is 8.54. The van der Waals surface area contributed by atoms with Crippen molar-refractivity contribution in [3.05, 3.63) is 21.9 Å². The maximum atomic E-state index is 12.9. The van der Waals surface area contributed by atoms with Crippen molar-refractivity contribution in [3.63, 3.8) is 0 Å². The molecule has 1 fully saturated rings. The summed E-state index contributed by atoms with van der Waals surface area (Å²) in [5.74, 6) is -0.938. The van der Waals surface area contributed by atoms with Crippen molar-refractivity contribution in [1.29, 1.82) is 0 Å². The number of nitrogens with zero attached hydrogens (tertiary/aromatic N) is 1. The molecular formula is C16H20N2O4S. The third-order valence-electron chi connectivity index (χ3n) is 4.04. The maximum absolute atomic E-state index is 12.9. The Morgan fingerprint density at radius 3 is 2.87 bits per heavy atom. The molecule has 0 bridgehead atoms. The Hall–Kier alpha value is -1.89. The molecule has 1 saturated heterocycles. The summed E-state index contributed by atoms with van der Waals surface area (Å²) >= 11 is 1.60. The van der Waals surface area contributed by atoms with Gasteiger partial charge in [-0.25, -0.2) is 4.79 Å². The van der Waals surface area contributed by atoms with Crippen molar-refractivity contribution in [1.82, 2.24) is 10.2 Å². The van der Waals surface area contributed by atoms with Crippen LogP contribution in [0.25, 0.3) is 0 Å². The van der Waals surface area contributed by atoms with Crippen LogP contribution in [0.1, 0.15) is 44.1 Å². The second-order valence-corrected chi connectivity index (χ2v) is 7.92. The summed E-state index contributed by atoms with van der Waals surface area (Å²) in [4.78, 5) is 39.3. The smallest absolute Gasteiger partial charge is 0.326 e. The lowest BCUT2D eigenvalue weighted by Crippen LogP contribution is -2.46. The molecule has 3 rings (SSSR count). The van der Waals surface area contributed by atoms with Crippen molar-refractivity contribution in [3.8, 4) is 0 Å². The molecule has 0 saturated carbocycles. The van der Waals surface area contributed by atoms with Crippen LogP contribution in [-0.4, -0.2) is 35.0 Å². The number of esters is 1. The van der Waals surface area contributed by atoms with Gasteiger partial charge in [-0.05, 0) is 51.5 Å². The summed E-state index contributed by atoms with van der Waals surface area (Å²) in [5, 5.41) is 4.75. The first-order valence-electron chi connectivity index (χ1n) is 7.66. The quantitative estimate of drug-likeness (QED) is 0.663. The molecule has 1 aromatic rings. The number of carbonyl (C=O) groups is 3. The Bertz CT molecular complexity index is 676. The van der Waals surface area contributed by atoms with Crippen LogP contribution in [0.5, 0.6) is 0 Å². The third kappa shape index (κ3) is 2.73. The second-order valence-electron chi connectivity index (χ2n) is 6.92. The van der Waals surface area contributed by atoms with Gasteiger partial charge in [0, 0.05) is 10.4 Å². The summed E-state index contributed by atoms with van der Waals surface area (Å²) in [6.45, 7) is 4.88. The number of carbonyl (C=O) groups excluding carboxylic acids is 3. The van der Waals surface area contributed by atoms with E-state index in [9.17, 15) is 14.4 Å². The van der Waals surface area contributed by atoms with Crippen molar-refractivity contribution < 1.29 is 19.1 Å². The van der Waals surface area contributed by atoms with Gasteiger partial charge in [-0.3, -0.25) is 14.5 Å². The van der Waals surface area contributed by atoms with Gasteiger partial charge in [-0.1, -0.05) is 0 Å². The number of thiophene rings is 1. The first-order chi connectivity index (χ1) is 10.7. The minimum Gasteiger partial charge on any atom is -0.459 e. The molecule has 3 amide bonds. The van der Waals surface area contributed by atoms with Crippen LogP contribution < -0.4 is 5.32 Å². The second kappa shape index (κ2) is 5.33. The predicted octanol–water partition coefficient (Wildman–Crippen LogP) is 2.17. The van der Waals surface area contributed by atoms with Crippen molar-refractivity contribution in [2.24, 2.45) is 0 Å². The fourth-order valence-corrected chi connectivity index (χ4v) is 4.19. The molecule has 0 radical (unpaired) electrons. The molecular weight excluding hydrogens is 316 g/mol. The number of urea groups is 1. The predicted molar refractivity (Wildman–Crippen MR) is 85.0 cm³/mol. The molecule has 0 aromatic carbocycles. The van der Waals surface area contributed by atoms with E-state index in [-0.39, 0.29) is 12.5 Å². The highest BCUT2D eigenvalue weighted by atomic mass is 32.1. The van der Waals surface area contributed by atoms with E-state index in [2.05, 4.69) is 5.32 Å². The van der Waals surface area contributed by atoms with Crippen molar-refractivity contribution >= 4 is 29.2 Å². The minimum absolute atomic E-state index is 0.354. The van der Waals surface area contributed by atoms with E-state index in [1.54, 1.807) is 32.1 Å². The topological polar surface area (TPSA) is 75.7 Å². The van der Waals surface area contributed by atoms with E-state index in [0.29, 0.717) is 6.42 Å². The molecule has 6 nitrogen and oxygen atoms in total. The van der Waals surface area contributed by atoms with Gasteiger partial charge in [0.15, 0.2) is 0 Å². The number of amides is 3. The summed E-state index contributed by atoms with van der Waals surface area (Å²) in [6, 6.07) is 1.37. The van der Waals surface area contributed by atoms with Gasteiger partial charge in [0.2, 0.25) is 0 Å². The Kier molecular flexibility index (Phi) is 3.71. The number of fused-ring (bicyclic) bond motifs is 2.